The predicted molar refractivity (Wildman–Crippen MR) is 102 cm³/mol. The van der Waals surface area contributed by atoms with E-state index in [1.165, 1.54) is 12.1 Å². The van der Waals surface area contributed by atoms with Crippen molar-refractivity contribution in [1.29, 1.82) is 0 Å². The molecule has 1 fully saturated rings. The fourth-order valence-electron chi connectivity index (χ4n) is 3.26. The van der Waals surface area contributed by atoms with Crippen LogP contribution in [-0.4, -0.2) is 45.8 Å². The fourth-order valence-corrected chi connectivity index (χ4v) is 3.26. The van der Waals surface area contributed by atoms with Gasteiger partial charge in [-0.15, -0.1) is 0 Å². The Morgan fingerprint density at radius 3 is 2.63 bits per heavy atom. The Morgan fingerprint density at radius 2 is 2.04 bits per heavy atom. The van der Waals surface area contributed by atoms with Gasteiger partial charge in [-0.05, 0) is 24.1 Å². The monoisotopic (exact) mass is 374 g/mol. The lowest BCUT2D eigenvalue weighted by Crippen LogP contribution is -2.50. The third kappa shape index (κ3) is 4.47. The number of nitrogens with zero attached hydrogens (tertiary/aromatic N) is 3. The van der Waals surface area contributed by atoms with E-state index in [4.69, 9.17) is 10.5 Å². The van der Waals surface area contributed by atoms with E-state index in [0.717, 1.165) is 18.4 Å². The number of benzene rings is 1. The molecule has 0 bridgehead atoms. The average Bonchev–Trinajstić information content (AvgIpc) is 3.08. The molecule has 0 spiro atoms. The fraction of sp³-hybridized carbons (Fsp3) is 0.500. The summed E-state index contributed by atoms with van der Waals surface area (Å²) >= 11 is 0. The Labute approximate surface area is 159 Å². The van der Waals surface area contributed by atoms with E-state index in [0.29, 0.717) is 24.4 Å². The molecule has 1 aromatic heterocycles. The number of piperidine rings is 1. The van der Waals surface area contributed by atoms with E-state index >= 15 is 0 Å². The molecule has 1 amide bonds. The van der Waals surface area contributed by atoms with Crippen molar-refractivity contribution in [3.8, 4) is 16.9 Å². The molecule has 2 heterocycles. The van der Waals surface area contributed by atoms with Gasteiger partial charge in [0.1, 0.15) is 17.7 Å². The van der Waals surface area contributed by atoms with Crippen LogP contribution >= 0.6 is 0 Å². The molecule has 1 aliphatic rings. The highest BCUT2D eigenvalue weighted by molar-refractivity contribution is 5.82. The minimum atomic E-state index is -0.461. The molecule has 7 heteroatoms. The number of hydrogen-bond donors (Lipinski definition) is 1. The van der Waals surface area contributed by atoms with Crippen LogP contribution in [0, 0.1) is 11.7 Å². The number of hydrogen-bond acceptors (Lipinski definition) is 4. The van der Waals surface area contributed by atoms with Crippen molar-refractivity contribution >= 4 is 5.91 Å². The quantitative estimate of drug-likeness (QED) is 0.873. The lowest BCUT2D eigenvalue weighted by molar-refractivity contribution is -0.135. The van der Waals surface area contributed by atoms with Crippen molar-refractivity contribution in [2.24, 2.45) is 18.7 Å². The van der Waals surface area contributed by atoms with E-state index in [9.17, 15) is 9.18 Å². The SMILES string of the molecule is CC(C)[C@H](N)C(=O)N1CCC(Oc2ccc(F)cc2-c2cnn(C)c2)CC1. The first-order chi connectivity index (χ1) is 12.8. The Hall–Kier alpha value is -2.41. The topological polar surface area (TPSA) is 73.4 Å². The van der Waals surface area contributed by atoms with Gasteiger partial charge in [-0.25, -0.2) is 4.39 Å². The molecule has 6 nitrogen and oxygen atoms in total. The van der Waals surface area contributed by atoms with Gasteiger partial charge in [0, 0.05) is 50.3 Å². The molecular formula is C20H27FN4O2. The number of carbonyl (C=O) groups excluding carboxylic acids is 1. The molecule has 0 unspecified atom stereocenters. The first-order valence-corrected chi connectivity index (χ1v) is 9.34. The second-order valence-electron chi connectivity index (χ2n) is 7.46. The van der Waals surface area contributed by atoms with Crippen LogP contribution in [0.15, 0.2) is 30.6 Å². The molecule has 27 heavy (non-hydrogen) atoms. The summed E-state index contributed by atoms with van der Waals surface area (Å²) in [5, 5.41) is 4.15. The van der Waals surface area contributed by atoms with E-state index in [1.54, 1.807) is 16.9 Å². The van der Waals surface area contributed by atoms with Crippen molar-refractivity contribution in [1.82, 2.24) is 14.7 Å². The van der Waals surface area contributed by atoms with Crippen LogP contribution in [0.25, 0.3) is 11.1 Å². The maximum absolute atomic E-state index is 13.8. The van der Waals surface area contributed by atoms with E-state index in [1.807, 2.05) is 32.0 Å². The number of amides is 1. The molecule has 0 radical (unpaired) electrons. The summed E-state index contributed by atoms with van der Waals surface area (Å²) in [4.78, 5) is 14.2. The summed E-state index contributed by atoms with van der Waals surface area (Å²) in [6.45, 7) is 5.14. The zero-order valence-corrected chi connectivity index (χ0v) is 16.1. The van der Waals surface area contributed by atoms with Gasteiger partial charge in [-0.2, -0.15) is 5.10 Å². The molecule has 2 N–H and O–H groups in total. The highest BCUT2D eigenvalue weighted by Gasteiger charge is 2.28. The molecule has 2 aromatic rings. The standard InChI is InChI=1S/C20H27FN4O2/c1-13(2)19(22)20(26)25-8-6-16(7-9-25)27-18-5-4-15(21)10-17(18)14-11-23-24(3)12-14/h4-5,10-13,16,19H,6-9,22H2,1-3H3/t19-/m0/s1. The third-order valence-corrected chi connectivity index (χ3v) is 5.01. The number of nitrogens with two attached hydrogens (primary N) is 1. The van der Waals surface area contributed by atoms with Gasteiger partial charge in [0.15, 0.2) is 0 Å². The molecule has 1 atom stereocenters. The first kappa shape index (κ1) is 19.4. The van der Waals surface area contributed by atoms with Crippen LogP contribution in [0.4, 0.5) is 4.39 Å². The Kier molecular flexibility index (Phi) is 5.79. The van der Waals surface area contributed by atoms with Gasteiger partial charge in [-0.3, -0.25) is 9.48 Å². The van der Waals surface area contributed by atoms with E-state index < -0.39 is 6.04 Å². The predicted octanol–water partition coefficient (Wildman–Crippen LogP) is 2.58. The van der Waals surface area contributed by atoms with E-state index in [2.05, 4.69) is 5.10 Å². The van der Waals surface area contributed by atoms with Crippen LogP contribution in [-0.2, 0) is 11.8 Å². The molecule has 1 saturated heterocycles. The highest BCUT2D eigenvalue weighted by atomic mass is 19.1. The minimum absolute atomic E-state index is 0.00119. The first-order valence-electron chi connectivity index (χ1n) is 9.34. The molecular weight excluding hydrogens is 347 g/mol. The van der Waals surface area contributed by atoms with E-state index in [-0.39, 0.29) is 23.7 Å². The highest BCUT2D eigenvalue weighted by Crippen LogP contribution is 2.32. The van der Waals surface area contributed by atoms with Crippen molar-refractivity contribution < 1.29 is 13.9 Å². The summed E-state index contributed by atoms with van der Waals surface area (Å²) in [5.74, 6) is 0.436. The summed E-state index contributed by atoms with van der Waals surface area (Å²) < 4.78 is 21.6. The molecule has 1 aromatic carbocycles. The minimum Gasteiger partial charge on any atom is -0.490 e. The van der Waals surface area contributed by atoms with Crippen molar-refractivity contribution in [2.75, 3.05) is 13.1 Å². The lowest BCUT2D eigenvalue weighted by Gasteiger charge is -2.34. The van der Waals surface area contributed by atoms with Gasteiger partial charge in [0.05, 0.1) is 12.2 Å². The molecule has 0 saturated carbocycles. The van der Waals surface area contributed by atoms with Gasteiger partial charge in [0.25, 0.3) is 0 Å². The number of carbonyl (C=O) groups is 1. The normalized spacial score (nSPS) is 16.6. The molecule has 1 aliphatic heterocycles. The van der Waals surface area contributed by atoms with Crippen LogP contribution in [0.2, 0.25) is 0 Å². The average molecular weight is 374 g/mol. The number of rotatable bonds is 5. The van der Waals surface area contributed by atoms with Gasteiger partial charge in [0.2, 0.25) is 5.91 Å². The van der Waals surface area contributed by atoms with Crippen LogP contribution in [0.1, 0.15) is 26.7 Å². The summed E-state index contributed by atoms with van der Waals surface area (Å²) in [6.07, 6.45) is 4.94. The molecule has 146 valence electrons. The second kappa shape index (κ2) is 8.08. The Bertz CT molecular complexity index is 797. The lowest BCUT2D eigenvalue weighted by atomic mass is 10.0. The number of likely N-dealkylation sites (tertiary alicyclic amines) is 1. The maximum atomic E-state index is 13.8. The van der Waals surface area contributed by atoms with Gasteiger partial charge in [-0.1, -0.05) is 13.8 Å². The zero-order valence-electron chi connectivity index (χ0n) is 16.1. The maximum Gasteiger partial charge on any atom is 0.239 e. The smallest absolute Gasteiger partial charge is 0.239 e. The van der Waals surface area contributed by atoms with Crippen molar-refractivity contribution in [3.63, 3.8) is 0 Å². The van der Waals surface area contributed by atoms with Crippen LogP contribution in [0.5, 0.6) is 5.75 Å². The Morgan fingerprint density at radius 1 is 1.33 bits per heavy atom. The van der Waals surface area contributed by atoms with Gasteiger partial charge < -0.3 is 15.4 Å². The van der Waals surface area contributed by atoms with Crippen LogP contribution in [0.3, 0.4) is 0 Å². The zero-order chi connectivity index (χ0) is 19.6. The number of aromatic nitrogens is 2. The van der Waals surface area contributed by atoms with Gasteiger partial charge >= 0.3 is 0 Å². The number of aryl methyl sites for hydroxylation is 1. The largest absolute Gasteiger partial charge is 0.490 e. The second-order valence-corrected chi connectivity index (χ2v) is 7.46. The summed E-state index contributed by atoms with van der Waals surface area (Å²) in [5.41, 5.74) is 7.48. The van der Waals surface area contributed by atoms with Crippen molar-refractivity contribution in [3.05, 3.63) is 36.4 Å². The van der Waals surface area contributed by atoms with Crippen molar-refractivity contribution in [2.45, 2.75) is 38.8 Å². The number of ether oxygens (including phenoxy) is 1. The summed E-state index contributed by atoms with van der Waals surface area (Å²) in [6, 6.07) is 4.06. The number of halogens is 1. The molecule has 3 rings (SSSR count). The van der Waals surface area contributed by atoms with Crippen LogP contribution < -0.4 is 10.5 Å². The Balaban J connectivity index is 1.67. The third-order valence-electron chi connectivity index (χ3n) is 5.01. The summed E-state index contributed by atoms with van der Waals surface area (Å²) in [7, 11) is 1.82. The molecule has 0 aliphatic carbocycles.